The molecule has 21 heavy (non-hydrogen) atoms. The SMILES string of the molecule is CC(C)(C)CCc1cc2c(cc1Cl)C=C[C@H](C(F)(F)F)O2. The van der Waals surface area contributed by atoms with E-state index in [-0.39, 0.29) is 11.2 Å². The molecule has 1 aromatic carbocycles. The summed E-state index contributed by atoms with van der Waals surface area (Å²) in [6.45, 7) is 6.33. The first-order valence-electron chi connectivity index (χ1n) is 6.80. The van der Waals surface area contributed by atoms with Gasteiger partial charge in [0, 0.05) is 10.6 Å². The highest BCUT2D eigenvalue weighted by Gasteiger charge is 2.41. The van der Waals surface area contributed by atoms with E-state index in [1.54, 1.807) is 12.1 Å². The van der Waals surface area contributed by atoms with Gasteiger partial charge in [-0.25, -0.2) is 0 Å². The van der Waals surface area contributed by atoms with E-state index in [2.05, 4.69) is 20.8 Å². The van der Waals surface area contributed by atoms with E-state index in [0.29, 0.717) is 17.0 Å². The van der Waals surface area contributed by atoms with Crippen LogP contribution >= 0.6 is 11.6 Å². The fraction of sp³-hybridized carbons (Fsp3) is 0.500. The third-order valence-corrected chi connectivity index (χ3v) is 3.70. The molecule has 1 heterocycles. The zero-order valence-electron chi connectivity index (χ0n) is 12.2. The molecular weight excluding hydrogens is 301 g/mol. The minimum atomic E-state index is -4.40. The molecule has 0 amide bonds. The number of aryl methyl sites for hydroxylation is 1. The van der Waals surface area contributed by atoms with Crippen LogP contribution in [0.1, 0.15) is 38.3 Å². The van der Waals surface area contributed by atoms with Crippen LogP contribution in [0.25, 0.3) is 6.08 Å². The van der Waals surface area contributed by atoms with E-state index in [1.165, 1.54) is 6.08 Å². The Hall–Kier alpha value is -1.16. The van der Waals surface area contributed by atoms with Crippen LogP contribution in [0.2, 0.25) is 5.02 Å². The summed E-state index contributed by atoms with van der Waals surface area (Å²) >= 11 is 6.20. The van der Waals surface area contributed by atoms with E-state index < -0.39 is 12.3 Å². The third kappa shape index (κ3) is 4.16. The van der Waals surface area contributed by atoms with Crippen LogP contribution in [0.3, 0.4) is 0 Å². The minimum absolute atomic E-state index is 0.133. The molecule has 1 atom stereocenters. The maximum Gasteiger partial charge on any atom is 0.429 e. The van der Waals surface area contributed by atoms with Gasteiger partial charge in [0.05, 0.1) is 0 Å². The van der Waals surface area contributed by atoms with E-state index >= 15 is 0 Å². The summed E-state index contributed by atoms with van der Waals surface area (Å²) in [6.07, 6.45) is -2.27. The fourth-order valence-corrected chi connectivity index (χ4v) is 2.35. The van der Waals surface area contributed by atoms with Crippen molar-refractivity contribution in [3.05, 3.63) is 34.4 Å². The molecule has 1 aliphatic heterocycles. The van der Waals surface area contributed by atoms with E-state index in [0.717, 1.165) is 18.1 Å². The molecule has 0 unspecified atom stereocenters. The molecule has 116 valence electrons. The van der Waals surface area contributed by atoms with Crippen LogP contribution in [0.15, 0.2) is 18.2 Å². The van der Waals surface area contributed by atoms with Crippen molar-refractivity contribution in [2.75, 3.05) is 0 Å². The van der Waals surface area contributed by atoms with Crippen molar-refractivity contribution in [1.29, 1.82) is 0 Å². The van der Waals surface area contributed by atoms with E-state index in [1.807, 2.05) is 0 Å². The molecule has 0 spiro atoms. The highest BCUT2D eigenvalue weighted by molar-refractivity contribution is 6.31. The van der Waals surface area contributed by atoms with Gasteiger partial charge in [0.15, 0.2) is 0 Å². The molecule has 1 aliphatic rings. The molecule has 0 radical (unpaired) electrons. The molecule has 1 nitrogen and oxygen atoms in total. The van der Waals surface area contributed by atoms with Crippen LogP contribution < -0.4 is 4.74 Å². The molecule has 5 heteroatoms. The second-order valence-electron chi connectivity index (χ2n) is 6.48. The predicted octanol–water partition coefficient (Wildman–Crippen LogP) is 5.66. The quantitative estimate of drug-likeness (QED) is 0.684. The van der Waals surface area contributed by atoms with Crippen LogP contribution in [0.4, 0.5) is 13.2 Å². The van der Waals surface area contributed by atoms with Crippen LogP contribution in [0.5, 0.6) is 5.75 Å². The Balaban J connectivity index is 2.24. The van der Waals surface area contributed by atoms with Crippen molar-refractivity contribution in [2.24, 2.45) is 5.41 Å². The van der Waals surface area contributed by atoms with Gasteiger partial charge < -0.3 is 4.74 Å². The number of alkyl halides is 3. The summed E-state index contributed by atoms with van der Waals surface area (Å²) < 4.78 is 43.2. The lowest BCUT2D eigenvalue weighted by Crippen LogP contribution is -2.33. The first-order chi connectivity index (χ1) is 9.56. The Morgan fingerprint density at radius 1 is 1.19 bits per heavy atom. The highest BCUT2D eigenvalue weighted by Crippen LogP contribution is 2.37. The number of halogens is 4. The lowest BCUT2D eigenvalue weighted by Gasteiger charge is -2.25. The Morgan fingerprint density at radius 3 is 2.43 bits per heavy atom. The van der Waals surface area contributed by atoms with Crippen LogP contribution in [0, 0.1) is 5.41 Å². The normalized spacial score (nSPS) is 18.3. The maximum atomic E-state index is 12.7. The van der Waals surface area contributed by atoms with Gasteiger partial charge >= 0.3 is 6.18 Å². The first-order valence-corrected chi connectivity index (χ1v) is 7.18. The Bertz CT molecular complexity index is 556. The van der Waals surface area contributed by atoms with Crippen molar-refractivity contribution < 1.29 is 17.9 Å². The van der Waals surface area contributed by atoms with Gasteiger partial charge in [-0.3, -0.25) is 0 Å². The molecule has 0 saturated heterocycles. The topological polar surface area (TPSA) is 9.23 Å². The van der Waals surface area contributed by atoms with Crippen molar-refractivity contribution >= 4 is 17.7 Å². The summed E-state index contributed by atoms with van der Waals surface area (Å²) in [4.78, 5) is 0. The number of ether oxygens (including phenoxy) is 1. The lowest BCUT2D eigenvalue weighted by molar-refractivity contribution is -0.180. The first kappa shape index (κ1) is 16.2. The van der Waals surface area contributed by atoms with Gasteiger partial charge in [-0.1, -0.05) is 38.4 Å². The summed E-state index contributed by atoms with van der Waals surface area (Å²) in [5.74, 6) is 0.244. The molecule has 0 N–H and O–H groups in total. The van der Waals surface area contributed by atoms with Crippen molar-refractivity contribution in [3.63, 3.8) is 0 Å². The third-order valence-electron chi connectivity index (χ3n) is 3.35. The minimum Gasteiger partial charge on any atom is -0.476 e. The van der Waals surface area contributed by atoms with E-state index in [4.69, 9.17) is 16.3 Å². The van der Waals surface area contributed by atoms with Crippen LogP contribution in [-0.2, 0) is 6.42 Å². The van der Waals surface area contributed by atoms with Gasteiger partial charge in [-0.15, -0.1) is 0 Å². The standard InChI is InChI=1S/C16H18ClF3O/c1-15(2,3)7-6-10-9-13-11(8-12(10)17)4-5-14(21-13)16(18,19)20/h4-5,8-9,14H,6-7H2,1-3H3/t14-/m1/s1. The molecule has 0 saturated carbocycles. The molecule has 0 aliphatic carbocycles. The molecule has 0 aromatic heterocycles. The summed E-state index contributed by atoms with van der Waals surface area (Å²) in [7, 11) is 0. The fourth-order valence-electron chi connectivity index (χ4n) is 2.09. The molecular formula is C16H18ClF3O. The predicted molar refractivity (Wildman–Crippen MR) is 78.7 cm³/mol. The van der Waals surface area contributed by atoms with Crippen LogP contribution in [-0.4, -0.2) is 12.3 Å². The lowest BCUT2D eigenvalue weighted by atomic mass is 9.88. The number of fused-ring (bicyclic) bond motifs is 1. The highest BCUT2D eigenvalue weighted by atomic mass is 35.5. The number of benzene rings is 1. The molecule has 1 aromatic rings. The summed E-state index contributed by atoms with van der Waals surface area (Å²) in [5.41, 5.74) is 1.54. The Labute approximate surface area is 127 Å². The average Bonchev–Trinajstić information content (AvgIpc) is 2.33. The van der Waals surface area contributed by atoms with Crippen molar-refractivity contribution in [3.8, 4) is 5.75 Å². The van der Waals surface area contributed by atoms with Gasteiger partial charge in [0.1, 0.15) is 5.75 Å². The summed E-state index contributed by atoms with van der Waals surface area (Å²) in [5, 5.41) is 0.566. The zero-order valence-corrected chi connectivity index (χ0v) is 13.0. The molecule has 0 bridgehead atoms. The Morgan fingerprint density at radius 2 is 1.86 bits per heavy atom. The monoisotopic (exact) mass is 318 g/mol. The number of hydrogen-bond acceptors (Lipinski definition) is 1. The second-order valence-corrected chi connectivity index (χ2v) is 6.89. The largest absolute Gasteiger partial charge is 0.476 e. The maximum absolute atomic E-state index is 12.7. The number of hydrogen-bond donors (Lipinski definition) is 0. The van der Waals surface area contributed by atoms with Gasteiger partial charge in [0.25, 0.3) is 0 Å². The number of rotatable bonds is 2. The van der Waals surface area contributed by atoms with Crippen molar-refractivity contribution in [1.82, 2.24) is 0 Å². The van der Waals surface area contributed by atoms with Gasteiger partial charge in [0.2, 0.25) is 6.10 Å². The molecule has 0 fully saturated rings. The Kier molecular flexibility index (Phi) is 4.29. The zero-order chi connectivity index (χ0) is 15.8. The summed E-state index contributed by atoms with van der Waals surface area (Å²) in [6, 6.07) is 3.30. The van der Waals surface area contributed by atoms with Gasteiger partial charge in [-0.05, 0) is 42.0 Å². The molecule has 2 rings (SSSR count). The second kappa shape index (κ2) is 5.56. The van der Waals surface area contributed by atoms with Crippen molar-refractivity contribution in [2.45, 2.75) is 45.9 Å². The average molecular weight is 319 g/mol. The van der Waals surface area contributed by atoms with E-state index in [9.17, 15) is 13.2 Å². The smallest absolute Gasteiger partial charge is 0.429 e. The van der Waals surface area contributed by atoms with Gasteiger partial charge in [-0.2, -0.15) is 13.2 Å².